The molecule has 0 unspecified atom stereocenters. The molecule has 128 valence electrons. The van der Waals surface area contributed by atoms with E-state index in [9.17, 15) is 4.79 Å². The Hall–Kier alpha value is -2.33. The van der Waals surface area contributed by atoms with Crippen molar-refractivity contribution in [2.24, 2.45) is 0 Å². The maximum Gasteiger partial charge on any atom is 0.251 e. The third kappa shape index (κ3) is 5.39. The summed E-state index contributed by atoms with van der Waals surface area (Å²) < 4.78 is 5.73. The first-order valence-electron chi connectivity index (χ1n) is 8.41. The predicted octanol–water partition coefficient (Wildman–Crippen LogP) is 3.94. The molecule has 0 spiro atoms. The number of carbonyl (C=O) groups excluding carboxylic acids is 1. The van der Waals surface area contributed by atoms with E-state index in [4.69, 9.17) is 4.74 Å². The lowest BCUT2D eigenvalue weighted by atomic mass is 10.2. The SMILES string of the molecule is CC[C@H](C)N(C)CCNC(=O)c1ccc(Oc2ccccc2)cc1. The third-order valence-corrected chi connectivity index (χ3v) is 4.19. The van der Waals surface area contributed by atoms with E-state index in [1.54, 1.807) is 12.1 Å². The third-order valence-electron chi connectivity index (χ3n) is 4.19. The normalized spacial score (nSPS) is 12.0. The summed E-state index contributed by atoms with van der Waals surface area (Å²) in [6.45, 7) is 5.84. The van der Waals surface area contributed by atoms with Crippen molar-refractivity contribution in [3.05, 3.63) is 60.2 Å². The van der Waals surface area contributed by atoms with Gasteiger partial charge in [-0.25, -0.2) is 0 Å². The minimum Gasteiger partial charge on any atom is -0.457 e. The Kier molecular flexibility index (Phi) is 6.82. The Labute approximate surface area is 144 Å². The molecule has 0 aromatic heterocycles. The van der Waals surface area contributed by atoms with E-state index < -0.39 is 0 Å². The van der Waals surface area contributed by atoms with Crippen molar-refractivity contribution >= 4 is 5.91 Å². The predicted molar refractivity (Wildman–Crippen MR) is 97.7 cm³/mol. The van der Waals surface area contributed by atoms with Crippen LogP contribution in [-0.4, -0.2) is 37.0 Å². The standard InChI is InChI=1S/C20H26N2O2/c1-4-16(2)22(3)15-14-21-20(23)17-10-12-19(13-11-17)24-18-8-6-5-7-9-18/h5-13,16H,4,14-15H2,1-3H3,(H,21,23)/t16-/m0/s1. The molecule has 4 heteroatoms. The number of carbonyl (C=O) groups is 1. The first kappa shape index (κ1) is 18.0. The first-order chi connectivity index (χ1) is 11.6. The molecule has 0 saturated carbocycles. The van der Waals surface area contributed by atoms with Gasteiger partial charge < -0.3 is 15.0 Å². The fraction of sp³-hybridized carbons (Fsp3) is 0.350. The van der Waals surface area contributed by atoms with Crippen LogP contribution in [0.25, 0.3) is 0 Å². The monoisotopic (exact) mass is 326 g/mol. The van der Waals surface area contributed by atoms with Gasteiger partial charge in [0, 0.05) is 24.7 Å². The van der Waals surface area contributed by atoms with Gasteiger partial charge in [0.05, 0.1) is 0 Å². The Balaban J connectivity index is 1.83. The molecule has 0 aliphatic carbocycles. The van der Waals surface area contributed by atoms with Crippen molar-refractivity contribution in [2.45, 2.75) is 26.3 Å². The molecule has 4 nitrogen and oxygen atoms in total. The van der Waals surface area contributed by atoms with Gasteiger partial charge in [0.25, 0.3) is 5.91 Å². The van der Waals surface area contributed by atoms with Crippen molar-refractivity contribution in [1.29, 1.82) is 0 Å². The maximum atomic E-state index is 12.2. The molecule has 1 N–H and O–H groups in total. The Bertz CT molecular complexity index is 626. The zero-order valence-corrected chi connectivity index (χ0v) is 14.7. The van der Waals surface area contributed by atoms with E-state index in [1.165, 1.54) is 0 Å². The second kappa shape index (κ2) is 9.08. The number of ether oxygens (including phenoxy) is 1. The second-order valence-corrected chi connectivity index (χ2v) is 5.93. The van der Waals surface area contributed by atoms with Crippen molar-refractivity contribution in [3.63, 3.8) is 0 Å². The van der Waals surface area contributed by atoms with E-state index in [2.05, 4.69) is 31.1 Å². The molecule has 0 bridgehead atoms. The van der Waals surface area contributed by atoms with Crippen LogP contribution in [0.2, 0.25) is 0 Å². The van der Waals surface area contributed by atoms with Gasteiger partial charge in [-0.2, -0.15) is 0 Å². The van der Waals surface area contributed by atoms with Crippen LogP contribution in [0.4, 0.5) is 0 Å². The van der Waals surface area contributed by atoms with Crippen LogP contribution in [-0.2, 0) is 0 Å². The molecule has 0 radical (unpaired) electrons. The largest absolute Gasteiger partial charge is 0.457 e. The lowest BCUT2D eigenvalue weighted by Crippen LogP contribution is -2.37. The smallest absolute Gasteiger partial charge is 0.251 e. The molecule has 24 heavy (non-hydrogen) atoms. The Morgan fingerprint density at radius 2 is 1.71 bits per heavy atom. The number of hydrogen-bond acceptors (Lipinski definition) is 3. The highest BCUT2D eigenvalue weighted by atomic mass is 16.5. The van der Waals surface area contributed by atoms with Gasteiger partial charge in [0.15, 0.2) is 0 Å². The fourth-order valence-electron chi connectivity index (χ4n) is 2.28. The highest BCUT2D eigenvalue weighted by molar-refractivity contribution is 5.94. The van der Waals surface area contributed by atoms with Crippen molar-refractivity contribution < 1.29 is 9.53 Å². The van der Waals surface area contributed by atoms with Crippen LogP contribution in [0.3, 0.4) is 0 Å². The summed E-state index contributed by atoms with van der Waals surface area (Å²) in [4.78, 5) is 14.4. The highest BCUT2D eigenvalue weighted by Gasteiger charge is 2.08. The zero-order chi connectivity index (χ0) is 17.4. The van der Waals surface area contributed by atoms with E-state index in [0.717, 1.165) is 18.7 Å². The number of para-hydroxylation sites is 1. The second-order valence-electron chi connectivity index (χ2n) is 5.93. The molecular weight excluding hydrogens is 300 g/mol. The van der Waals surface area contributed by atoms with Gasteiger partial charge >= 0.3 is 0 Å². The van der Waals surface area contributed by atoms with Gasteiger partial charge in [0.2, 0.25) is 0 Å². The summed E-state index contributed by atoms with van der Waals surface area (Å²) in [6.07, 6.45) is 1.10. The summed E-state index contributed by atoms with van der Waals surface area (Å²) >= 11 is 0. The lowest BCUT2D eigenvalue weighted by Gasteiger charge is -2.23. The minimum absolute atomic E-state index is 0.0567. The number of likely N-dealkylation sites (N-methyl/N-ethyl adjacent to an activating group) is 1. The average Bonchev–Trinajstić information content (AvgIpc) is 2.62. The molecule has 2 rings (SSSR count). The van der Waals surface area contributed by atoms with Gasteiger partial charge in [-0.05, 0) is 56.8 Å². The zero-order valence-electron chi connectivity index (χ0n) is 14.7. The average molecular weight is 326 g/mol. The van der Waals surface area contributed by atoms with E-state index in [1.807, 2.05) is 42.5 Å². The first-order valence-corrected chi connectivity index (χ1v) is 8.41. The topological polar surface area (TPSA) is 41.6 Å². The van der Waals surface area contributed by atoms with Crippen LogP contribution in [0.5, 0.6) is 11.5 Å². The molecule has 0 aliphatic heterocycles. The number of rotatable bonds is 8. The molecule has 1 amide bonds. The number of nitrogens with one attached hydrogen (secondary N) is 1. The van der Waals surface area contributed by atoms with Crippen LogP contribution in [0.15, 0.2) is 54.6 Å². The van der Waals surface area contributed by atoms with E-state index in [0.29, 0.717) is 23.9 Å². The quantitative estimate of drug-likeness (QED) is 0.799. The van der Waals surface area contributed by atoms with E-state index >= 15 is 0 Å². The molecule has 2 aromatic rings. The van der Waals surface area contributed by atoms with Gasteiger partial charge in [-0.15, -0.1) is 0 Å². The summed E-state index contributed by atoms with van der Waals surface area (Å²) in [6, 6.07) is 17.3. The van der Waals surface area contributed by atoms with Crippen molar-refractivity contribution in [2.75, 3.05) is 20.1 Å². The molecule has 0 heterocycles. The molecule has 2 aromatic carbocycles. The van der Waals surface area contributed by atoms with Crippen LogP contribution in [0.1, 0.15) is 30.6 Å². The summed E-state index contributed by atoms with van der Waals surface area (Å²) in [5.74, 6) is 1.44. The van der Waals surface area contributed by atoms with Gasteiger partial charge in [-0.3, -0.25) is 4.79 Å². The number of nitrogens with zero attached hydrogens (tertiary/aromatic N) is 1. The summed E-state index contributed by atoms with van der Waals surface area (Å²) in [5.41, 5.74) is 0.640. The molecule has 1 atom stereocenters. The van der Waals surface area contributed by atoms with Crippen LogP contribution < -0.4 is 10.1 Å². The molecule has 0 fully saturated rings. The molecular formula is C20H26N2O2. The van der Waals surface area contributed by atoms with Crippen molar-refractivity contribution in [1.82, 2.24) is 10.2 Å². The fourth-order valence-corrected chi connectivity index (χ4v) is 2.28. The van der Waals surface area contributed by atoms with Gasteiger partial charge in [0.1, 0.15) is 11.5 Å². The summed E-state index contributed by atoms with van der Waals surface area (Å²) in [5, 5.41) is 2.96. The number of hydrogen-bond donors (Lipinski definition) is 1. The van der Waals surface area contributed by atoms with E-state index in [-0.39, 0.29) is 5.91 Å². The Morgan fingerprint density at radius 3 is 2.33 bits per heavy atom. The highest BCUT2D eigenvalue weighted by Crippen LogP contribution is 2.21. The van der Waals surface area contributed by atoms with Gasteiger partial charge in [-0.1, -0.05) is 25.1 Å². The van der Waals surface area contributed by atoms with Crippen molar-refractivity contribution in [3.8, 4) is 11.5 Å². The number of benzene rings is 2. The Morgan fingerprint density at radius 1 is 1.08 bits per heavy atom. The lowest BCUT2D eigenvalue weighted by molar-refractivity contribution is 0.0947. The molecule has 0 aliphatic rings. The van der Waals surface area contributed by atoms with Crippen LogP contribution >= 0.6 is 0 Å². The van der Waals surface area contributed by atoms with Crippen LogP contribution in [0, 0.1) is 0 Å². The molecule has 0 saturated heterocycles. The number of amides is 1. The summed E-state index contributed by atoms with van der Waals surface area (Å²) in [7, 11) is 2.08. The minimum atomic E-state index is -0.0567. The maximum absolute atomic E-state index is 12.2.